The Morgan fingerprint density at radius 3 is 2.41 bits per heavy atom. The van der Waals surface area contributed by atoms with Crippen LogP contribution in [0.1, 0.15) is 23.7 Å². The molecule has 0 aliphatic rings. The standard InChI is InChI=1S/C17H17ClFNO2/c18-14-5-3-13(4-6-14)16(21)11-17(22)20-10-9-12-1-7-15(19)8-2-12/h1-8,16,21H,9-11H2,(H,20,22). The molecule has 2 rings (SSSR count). The minimum atomic E-state index is -0.858. The predicted molar refractivity (Wildman–Crippen MR) is 84.1 cm³/mol. The maximum absolute atomic E-state index is 12.8. The maximum atomic E-state index is 12.8. The zero-order valence-corrected chi connectivity index (χ0v) is 12.7. The van der Waals surface area contributed by atoms with Gasteiger partial charge in [-0.3, -0.25) is 4.79 Å². The predicted octanol–water partition coefficient (Wildman–Crippen LogP) is 3.26. The van der Waals surface area contributed by atoms with Gasteiger partial charge >= 0.3 is 0 Å². The summed E-state index contributed by atoms with van der Waals surface area (Å²) < 4.78 is 12.8. The number of halogens is 2. The largest absolute Gasteiger partial charge is 0.388 e. The molecule has 0 heterocycles. The Balaban J connectivity index is 1.75. The molecule has 0 saturated carbocycles. The molecule has 0 saturated heterocycles. The monoisotopic (exact) mass is 321 g/mol. The molecule has 0 radical (unpaired) electrons. The molecule has 22 heavy (non-hydrogen) atoms. The van der Waals surface area contributed by atoms with Crippen molar-refractivity contribution in [1.29, 1.82) is 0 Å². The number of hydrogen-bond acceptors (Lipinski definition) is 2. The highest BCUT2D eigenvalue weighted by Gasteiger charge is 2.12. The number of aliphatic hydroxyl groups excluding tert-OH is 1. The smallest absolute Gasteiger partial charge is 0.222 e. The third-order valence-corrected chi connectivity index (χ3v) is 3.53. The van der Waals surface area contributed by atoms with Crippen LogP contribution in [0.25, 0.3) is 0 Å². The lowest BCUT2D eigenvalue weighted by Gasteiger charge is -2.11. The number of rotatable bonds is 6. The maximum Gasteiger partial charge on any atom is 0.222 e. The minimum Gasteiger partial charge on any atom is -0.388 e. The van der Waals surface area contributed by atoms with Crippen LogP contribution in [-0.2, 0) is 11.2 Å². The van der Waals surface area contributed by atoms with E-state index in [1.165, 1.54) is 12.1 Å². The van der Waals surface area contributed by atoms with Crippen LogP contribution >= 0.6 is 11.6 Å². The fraction of sp³-hybridized carbons (Fsp3) is 0.235. The highest BCUT2D eigenvalue weighted by Crippen LogP contribution is 2.18. The Labute approximate surface area is 133 Å². The summed E-state index contributed by atoms with van der Waals surface area (Å²) in [6.07, 6.45) is -0.253. The van der Waals surface area contributed by atoms with Crippen molar-refractivity contribution < 1.29 is 14.3 Å². The molecule has 2 aromatic carbocycles. The fourth-order valence-electron chi connectivity index (χ4n) is 2.05. The van der Waals surface area contributed by atoms with Gasteiger partial charge in [0.2, 0.25) is 5.91 Å². The molecule has 0 fully saturated rings. The van der Waals surface area contributed by atoms with Crippen molar-refractivity contribution in [2.24, 2.45) is 0 Å². The first-order valence-corrected chi connectivity index (χ1v) is 7.37. The van der Waals surface area contributed by atoms with Crippen LogP contribution in [-0.4, -0.2) is 17.6 Å². The van der Waals surface area contributed by atoms with Crippen molar-refractivity contribution in [3.63, 3.8) is 0 Å². The van der Waals surface area contributed by atoms with Crippen molar-refractivity contribution in [2.45, 2.75) is 18.9 Å². The summed E-state index contributed by atoms with van der Waals surface area (Å²) in [6.45, 7) is 0.442. The van der Waals surface area contributed by atoms with Gasteiger partial charge in [-0.1, -0.05) is 35.9 Å². The van der Waals surface area contributed by atoms with Gasteiger partial charge in [0.05, 0.1) is 12.5 Å². The molecule has 116 valence electrons. The number of carbonyl (C=O) groups excluding carboxylic acids is 1. The number of nitrogens with one attached hydrogen (secondary N) is 1. The molecule has 1 amide bonds. The zero-order valence-electron chi connectivity index (χ0n) is 11.9. The van der Waals surface area contributed by atoms with Crippen molar-refractivity contribution in [3.05, 3.63) is 70.5 Å². The van der Waals surface area contributed by atoms with E-state index in [9.17, 15) is 14.3 Å². The van der Waals surface area contributed by atoms with Gasteiger partial charge in [-0.05, 0) is 41.8 Å². The third kappa shape index (κ3) is 5.13. The zero-order chi connectivity index (χ0) is 15.9. The van der Waals surface area contributed by atoms with Crippen molar-refractivity contribution >= 4 is 17.5 Å². The van der Waals surface area contributed by atoms with E-state index in [1.807, 2.05) is 0 Å². The lowest BCUT2D eigenvalue weighted by molar-refractivity contribution is -0.123. The topological polar surface area (TPSA) is 49.3 Å². The summed E-state index contributed by atoms with van der Waals surface area (Å²) in [6, 6.07) is 12.9. The molecule has 2 N–H and O–H groups in total. The summed E-state index contributed by atoms with van der Waals surface area (Å²) in [4.78, 5) is 11.8. The van der Waals surface area contributed by atoms with E-state index in [0.717, 1.165) is 5.56 Å². The second kappa shape index (κ2) is 7.92. The van der Waals surface area contributed by atoms with E-state index in [-0.39, 0.29) is 18.1 Å². The van der Waals surface area contributed by atoms with Crippen molar-refractivity contribution in [2.75, 3.05) is 6.54 Å². The van der Waals surface area contributed by atoms with Gasteiger partial charge in [-0.2, -0.15) is 0 Å². The van der Waals surface area contributed by atoms with Gasteiger partial charge in [-0.25, -0.2) is 4.39 Å². The second-order valence-electron chi connectivity index (χ2n) is 5.00. The number of benzene rings is 2. The fourth-order valence-corrected chi connectivity index (χ4v) is 2.17. The van der Waals surface area contributed by atoms with Crippen LogP contribution < -0.4 is 5.32 Å². The molecule has 0 spiro atoms. The first-order valence-electron chi connectivity index (χ1n) is 6.99. The van der Waals surface area contributed by atoms with E-state index in [0.29, 0.717) is 23.6 Å². The molecular formula is C17H17ClFNO2. The van der Waals surface area contributed by atoms with Gasteiger partial charge in [0.25, 0.3) is 0 Å². The Kier molecular flexibility index (Phi) is 5.92. The summed E-state index contributed by atoms with van der Waals surface area (Å²) in [7, 11) is 0. The summed E-state index contributed by atoms with van der Waals surface area (Å²) in [5.41, 5.74) is 1.60. The van der Waals surface area contributed by atoms with E-state index >= 15 is 0 Å². The first kappa shape index (κ1) is 16.5. The Hall–Kier alpha value is -1.91. The molecule has 5 heteroatoms. The van der Waals surface area contributed by atoms with Crippen LogP contribution in [0.4, 0.5) is 4.39 Å². The van der Waals surface area contributed by atoms with Crippen molar-refractivity contribution in [3.8, 4) is 0 Å². The number of aliphatic hydroxyl groups is 1. The number of amides is 1. The Morgan fingerprint density at radius 2 is 1.77 bits per heavy atom. The van der Waals surface area contributed by atoms with Gasteiger partial charge in [0.15, 0.2) is 0 Å². The summed E-state index contributed by atoms with van der Waals surface area (Å²) >= 11 is 5.77. The molecular weight excluding hydrogens is 305 g/mol. The van der Waals surface area contributed by atoms with Crippen LogP contribution in [0.2, 0.25) is 5.02 Å². The molecule has 0 bridgehead atoms. The second-order valence-corrected chi connectivity index (χ2v) is 5.43. The normalized spacial score (nSPS) is 12.0. The van der Waals surface area contributed by atoms with Crippen LogP contribution in [0.5, 0.6) is 0 Å². The minimum absolute atomic E-state index is 0.00888. The molecule has 3 nitrogen and oxygen atoms in total. The molecule has 1 atom stereocenters. The highest BCUT2D eigenvalue weighted by atomic mass is 35.5. The lowest BCUT2D eigenvalue weighted by Crippen LogP contribution is -2.27. The van der Waals surface area contributed by atoms with E-state index in [1.54, 1.807) is 36.4 Å². The average molecular weight is 322 g/mol. The molecule has 0 aromatic heterocycles. The summed E-state index contributed by atoms with van der Waals surface area (Å²) in [5, 5.41) is 13.3. The molecule has 2 aromatic rings. The number of hydrogen-bond donors (Lipinski definition) is 2. The van der Waals surface area contributed by atoms with Gasteiger partial charge < -0.3 is 10.4 Å². The van der Waals surface area contributed by atoms with E-state index < -0.39 is 6.10 Å². The quantitative estimate of drug-likeness (QED) is 0.858. The number of carbonyl (C=O) groups is 1. The molecule has 0 aliphatic carbocycles. The highest BCUT2D eigenvalue weighted by molar-refractivity contribution is 6.30. The summed E-state index contributed by atoms with van der Waals surface area (Å²) in [5.74, 6) is -0.511. The van der Waals surface area contributed by atoms with Gasteiger partial charge in [0, 0.05) is 11.6 Å². The Bertz CT molecular complexity index is 614. The van der Waals surface area contributed by atoms with Gasteiger partial charge in [0.1, 0.15) is 5.82 Å². The van der Waals surface area contributed by atoms with Crippen LogP contribution in [0.15, 0.2) is 48.5 Å². The lowest BCUT2D eigenvalue weighted by atomic mass is 10.1. The first-order chi connectivity index (χ1) is 10.5. The SMILES string of the molecule is O=C(CC(O)c1ccc(Cl)cc1)NCCc1ccc(F)cc1. The van der Waals surface area contributed by atoms with E-state index in [2.05, 4.69) is 5.32 Å². The van der Waals surface area contributed by atoms with Crippen molar-refractivity contribution in [1.82, 2.24) is 5.32 Å². The average Bonchev–Trinajstić information content (AvgIpc) is 2.50. The molecule has 0 aliphatic heterocycles. The van der Waals surface area contributed by atoms with Gasteiger partial charge in [-0.15, -0.1) is 0 Å². The van der Waals surface area contributed by atoms with Crippen LogP contribution in [0.3, 0.4) is 0 Å². The Morgan fingerprint density at radius 1 is 1.14 bits per heavy atom. The van der Waals surface area contributed by atoms with Crippen LogP contribution in [0, 0.1) is 5.82 Å². The third-order valence-electron chi connectivity index (χ3n) is 3.28. The molecule has 1 unspecified atom stereocenters. The van der Waals surface area contributed by atoms with E-state index in [4.69, 9.17) is 11.6 Å².